The third-order valence-electron chi connectivity index (χ3n) is 2.20. The van der Waals surface area contributed by atoms with Gasteiger partial charge in [0.25, 0.3) is 0 Å². The molecule has 1 aromatic rings. The van der Waals surface area contributed by atoms with E-state index in [1.54, 1.807) is 38.1 Å². The van der Waals surface area contributed by atoms with Crippen molar-refractivity contribution >= 4 is 64.3 Å². The summed E-state index contributed by atoms with van der Waals surface area (Å²) in [6.07, 6.45) is -3.77. The topological polar surface area (TPSA) is 76.7 Å². The second-order valence-electron chi connectivity index (χ2n) is 4.56. The first-order chi connectivity index (χ1) is 10.6. The summed E-state index contributed by atoms with van der Waals surface area (Å²) in [6, 6.07) is 6.24. The molecule has 0 aliphatic heterocycles. The summed E-state index contributed by atoms with van der Waals surface area (Å²) in [7, 11) is 0. The number of hydrogen-bond acceptors (Lipinski definition) is 4. The van der Waals surface area contributed by atoms with Crippen LogP contribution in [-0.2, 0) is 9.47 Å². The van der Waals surface area contributed by atoms with Crippen molar-refractivity contribution in [3.63, 3.8) is 0 Å². The quantitative estimate of drug-likeness (QED) is 0.563. The van der Waals surface area contributed by atoms with Gasteiger partial charge in [-0.05, 0) is 38.1 Å². The van der Waals surface area contributed by atoms with Crippen LogP contribution in [0.2, 0.25) is 5.02 Å². The van der Waals surface area contributed by atoms with Crippen LogP contribution in [0.5, 0.6) is 0 Å². The highest BCUT2D eigenvalue weighted by molar-refractivity contribution is 6.68. The Morgan fingerprint density at radius 3 is 2.09 bits per heavy atom. The van der Waals surface area contributed by atoms with E-state index >= 15 is 0 Å². The van der Waals surface area contributed by atoms with Crippen molar-refractivity contribution in [1.82, 2.24) is 5.32 Å². The number of alkyl carbamates (subject to hydrolysis) is 1. The zero-order valence-electron chi connectivity index (χ0n) is 12.1. The van der Waals surface area contributed by atoms with E-state index in [1.807, 2.05) is 0 Å². The van der Waals surface area contributed by atoms with E-state index in [2.05, 4.69) is 10.6 Å². The summed E-state index contributed by atoms with van der Waals surface area (Å²) in [5.74, 6) is 0. The van der Waals surface area contributed by atoms with E-state index in [0.29, 0.717) is 10.7 Å². The van der Waals surface area contributed by atoms with Gasteiger partial charge in [0.05, 0.1) is 6.10 Å². The van der Waals surface area contributed by atoms with Gasteiger partial charge in [0.1, 0.15) is 0 Å². The van der Waals surface area contributed by atoms with Gasteiger partial charge >= 0.3 is 12.2 Å². The maximum Gasteiger partial charge on any atom is 0.413 e. The van der Waals surface area contributed by atoms with E-state index in [4.69, 9.17) is 55.9 Å². The number of benzene rings is 1. The number of carbonyl (C=O) groups excluding carboxylic acids is 2. The third kappa shape index (κ3) is 7.83. The SMILES string of the molecule is CC(C)OC(=O)N[C@H](OC(=O)Nc1ccc(Cl)cc1)C(Cl)(Cl)Cl. The summed E-state index contributed by atoms with van der Waals surface area (Å²) in [6.45, 7) is 3.27. The molecule has 0 fully saturated rings. The fraction of sp³-hybridized carbons (Fsp3) is 0.385. The number of rotatable bonds is 4. The number of halogens is 4. The lowest BCUT2D eigenvalue weighted by Crippen LogP contribution is -2.48. The molecule has 0 aliphatic carbocycles. The number of alkyl halides is 3. The normalized spacial score (nSPS) is 12.5. The molecule has 0 aliphatic rings. The van der Waals surface area contributed by atoms with Crippen LogP contribution in [0.25, 0.3) is 0 Å². The predicted octanol–water partition coefficient (Wildman–Crippen LogP) is 4.72. The second-order valence-corrected chi connectivity index (χ2v) is 7.36. The van der Waals surface area contributed by atoms with Crippen LogP contribution in [0.4, 0.5) is 15.3 Å². The Kier molecular flexibility index (Phi) is 7.54. The highest BCUT2D eigenvalue weighted by Gasteiger charge is 2.38. The van der Waals surface area contributed by atoms with Gasteiger partial charge in [-0.2, -0.15) is 0 Å². The van der Waals surface area contributed by atoms with Crippen molar-refractivity contribution in [3.8, 4) is 0 Å². The lowest BCUT2D eigenvalue weighted by Gasteiger charge is -2.25. The van der Waals surface area contributed by atoms with Gasteiger partial charge in [-0.1, -0.05) is 46.4 Å². The van der Waals surface area contributed by atoms with Gasteiger partial charge in [0, 0.05) is 10.7 Å². The molecule has 2 N–H and O–H groups in total. The second kappa shape index (κ2) is 8.68. The summed E-state index contributed by atoms with van der Waals surface area (Å²) in [5.41, 5.74) is 0.409. The Bertz CT molecular complexity index is 546. The Hall–Kier alpha value is -1.08. The first-order valence-corrected chi connectivity index (χ1v) is 7.86. The standard InChI is InChI=1S/C13H14Cl4N2O4/c1-7(2)22-12(21)19-10(13(15,16)17)23-11(20)18-9-5-3-8(14)4-6-9/h3-7,10H,1-2H3,(H,18,20)(H,19,21)/t10-/m1/s1. The predicted molar refractivity (Wildman–Crippen MR) is 90.4 cm³/mol. The first kappa shape index (κ1) is 20.0. The Morgan fingerprint density at radius 2 is 1.61 bits per heavy atom. The van der Waals surface area contributed by atoms with Crippen molar-refractivity contribution in [2.24, 2.45) is 0 Å². The van der Waals surface area contributed by atoms with Crippen LogP contribution in [0, 0.1) is 0 Å². The monoisotopic (exact) mass is 402 g/mol. The lowest BCUT2D eigenvalue weighted by atomic mass is 10.3. The minimum atomic E-state index is -2.09. The molecule has 1 aromatic carbocycles. The van der Waals surface area contributed by atoms with E-state index in [9.17, 15) is 9.59 Å². The summed E-state index contributed by atoms with van der Waals surface area (Å²) in [5, 5.41) is 5.05. The van der Waals surface area contributed by atoms with Crippen LogP contribution in [0.3, 0.4) is 0 Å². The molecular weight excluding hydrogens is 390 g/mol. The zero-order chi connectivity index (χ0) is 17.6. The van der Waals surface area contributed by atoms with Gasteiger partial charge in [0.2, 0.25) is 10.0 Å². The lowest BCUT2D eigenvalue weighted by molar-refractivity contribution is 0.0677. The fourth-order valence-electron chi connectivity index (χ4n) is 1.32. The largest absolute Gasteiger partial charge is 0.447 e. The molecule has 23 heavy (non-hydrogen) atoms. The molecule has 0 saturated carbocycles. The molecule has 0 heterocycles. The van der Waals surface area contributed by atoms with Gasteiger partial charge < -0.3 is 9.47 Å². The van der Waals surface area contributed by atoms with Crippen LogP contribution >= 0.6 is 46.4 Å². The molecule has 0 unspecified atom stereocenters. The summed E-state index contributed by atoms with van der Waals surface area (Å²) >= 11 is 22.8. The van der Waals surface area contributed by atoms with E-state index in [1.165, 1.54) is 0 Å². The molecule has 0 radical (unpaired) electrons. The maximum absolute atomic E-state index is 11.8. The molecule has 0 aromatic heterocycles. The number of anilines is 1. The van der Waals surface area contributed by atoms with Crippen molar-refractivity contribution in [2.75, 3.05) is 5.32 Å². The van der Waals surface area contributed by atoms with E-state index in [-0.39, 0.29) is 0 Å². The van der Waals surface area contributed by atoms with Crippen molar-refractivity contribution < 1.29 is 19.1 Å². The highest BCUT2D eigenvalue weighted by Crippen LogP contribution is 2.31. The van der Waals surface area contributed by atoms with Crippen molar-refractivity contribution in [2.45, 2.75) is 30.0 Å². The minimum Gasteiger partial charge on any atom is -0.447 e. The molecule has 2 amide bonds. The fourth-order valence-corrected chi connectivity index (χ4v) is 1.74. The van der Waals surface area contributed by atoms with Crippen LogP contribution in [0.15, 0.2) is 24.3 Å². The number of amides is 2. The van der Waals surface area contributed by atoms with E-state index < -0.39 is 28.3 Å². The Labute approximate surface area is 153 Å². The smallest absolute Gasteiger partial charge is 0.413 e. The molecule has 10 heteroatoms. The molecule has 1 atom stereocenters. The molecule has 0 bridgehead atoms. The molecule has 6 nitrogen and oxygen atoms in total. The Balaban J connectivity index is 2.67. The number of ether oxygens (including phenoxy) is 2. The minimum absolute atomic E-state index is 0.395. The van der Waals surface area contributed by atoms with E-state index in [0.717, 1.165) is 0 Å². The number of hydrogen-bond donors (Lipinski definition) is 2. The summed E-state index contributed by atoms with van der Waals surface area (Å²) < 4.78 is 7.66. The number of nitrogens with one attached hydrogen (secondary N) is 2. The van der Waals surface area contributed by atoms with Crippen LogP contribution < -0.4 is 10.6 Å². The van der Waals surface area contributed by atoms with Gasteiger partial charge in [-0.15, -0.1) is 0 Å². The molecule has 0 spiro atoms. The average Bonchev–Trinajstić information content (AvgIpc) is 2.38. The molecule has 128 valence electrons. The number of carbonyl (C=O) groups is 2. The van der Waals surface area contributed by atoms with Gasteiger partial charge in [-0.3, -0.25) is 10.6 Å². The molecule has 1 rings (SSSR count). The third-order valence-corrected chi connectivity index (χ3v) is 3.05. The van der Waals surface area contributed by atoms with Gasteiger partial charge in [-0.25, -0.2) is 9.59 Å². The van der Waals surface area contributed by atoms with Gasteiger partial charge in [0.15, 0.2) is 0 Å². The summed E-state index contributed by atoms with van der Waals surface area (Å²) in [4.78, 5) is 23.4. The first-order valence-electron chi connectivity index (χ1n) is 6.35. The van der Waals surface area contributed by atoms with Crippen LogP contribution in [0.1, 0.15) is 13.8 Å². The highest BCUT2D eigenvalue weighted by atomic mass is 35.6. The van der Waals surface area contributed by atoms with Crippen molar-refractivity contribution in [1.29, 1.82) is 0 Å². The molecule has 0 saturated heterocycles. The Morgan fingerprint density at radius 1 is 1.04 bits per heavy atom. The van der Waals surface area contributed by atoms with Crippen LogP contribution in [-0.4, -0.2) is 28.3 Å². The van der Waals surface area contributed by atoms with Crippen molar-refractivity contribution in [3.05, 3.63) is 29.3 Å². The maximum atomic E-state index is 11.8. The molecular formula is C13H14Cl4N2O4. The zero-order valence-corrected chi connectivity index (χ0v) is 15.1. The average molecular weight is 404 g/mol.